The topological polar surface area (TPSA) is 90.3 Å². The maximum Gasteiger partial charge on any atom is 0.131 e. The standard InChI is InChI=1S/C15H17N3O.C11H9ClN2/c16-13-10-14(12-4-2-1-3-5-12)17-15(11-13)18-6-8-19-9-7-18;12-11-7-9(13)6-10(14-11)8-4-2-1-3-5-8/h1-5,10-11H,6-9H2,(H2,16,17);1-7H,(H2,13,14). The maximum atomic E-state index is 6.01. The van der Waals surface area contributed by atoms with E-state index in [4.69, 9.17) is 32.8 Å². The lowest BCUT2D eigenvalue weighted by atomic mass is 10.1. The van der Waals surface area contributed by atoms with Crippen molar-refractivity contribution in [3.63, 3.8) is 0 Å². The van der Waals surface area contributed by atoms with E-state index in [0.29, 0.717) is 10.8 Å². The number of halogens is 1. The van der Waals surface area contributed by atoms with Crippen molar-refractivity contribution in [3.8, 4) is 22.5 Å². The second-order valence-corrected chi connectivity index (χ2v) is 7.97. The number of hydrogen-bond acceptors (Lipinski definition) is 6. The summed E-state index contributed by atoms with van der Waals surface area (Å²) in [6.45, 7) is 3.23. The van der Waals surface area contributed by atoms with Gasteiger partial charge >= 0.3 is 0 Å². The molecule has 0 radical (unpaired) electrons. The van der Waals surface area contributed by atoms with E-state index in [1.807, 2.05) is 72.8 Å². The van der Waals surface area contributed by atoms with Crippen LogP contribution in [0.5, 0.6) is 0 Å². The molecule has 0 aliphatic carbocycles. The van der Waals surface area contributed by atoms with Crippen molar-refractivity contribution < 1.29 is 4.74 Å². The molecular weight excluding hydrogens is 434 g/mol. The number of rotatable bonds is 3. The van der Waals surface area contributed by atoms with Crippen molar-refractivity contribution in [1.29, 1.82) is 0 Å². The third-order valence-corrected chi connectivity index (χ3v) is 5.32. The normalized spacial score (nSPS) is 13.2. The molecule has 1 aliphatic heterocycles. The number of anilines is 3. The van der Waals surface area contributed by atoms with Crippen LogP contribution in [0.15, 0.2) is 84.9 Å². The molecule has 33 heavy (non-hydrogen) atoms. The third-order valence-electron chi connectivity index (χ3n) is 5.12. The number of benzene rings is 2. The van der Waals surface area contributed by atoms with Gasteiger partial charge in [-0.05, 0) is 18.2 Å². The van der Waals surface area contributed by atoms with Crippen LogP contribution in [-0.4, -0.2) is 36.3 Å². The highest BCUT2D eigenvalue weighted by Gasteiger charge is 2.14. The molecule has 0 amide bonds. The number of nitrogens with zero attached hydrogens (tertiary/aromatic N) is 3. The molecule has 5 rings (SSSR count). The molecule has 0 saturated carbocycles. The zero-order valence-corrected chi connectivity index (χ0v) is 18.9. The van der Waals surface area contributed by atoms with Crippen LogP contribution in [0, 0.1) is 0 Å². The van der Waals surface area contributed by atoms with Crippen LogP contribution in [0.4, 0.5) is 17.2 Å². The number of hydrogen-bond donors (Lipinski definition) is 2. The SMILES string of the molecule is Nc1cc(-c2ccccc2)nc(N2CCOCC2)c1.Nc1cc(Cl)nc(-c2ccccc2)c1. The lowest BCUT2D eigenvalue weighted by Gasteiger charge is -2.28. The summed E-state index contributed by atoms with van der Waals surface area (Å²) in [5, 5.41) is 0.420. The molecule has 2 aromatic carbocycles. The van der Waals surface area contributed by atoms with Gasteiger partial charge in [0.15, 0.2) is 0 Å². The van der Waals surface area contributed by atoms with Crippen LogP contribution < -0.4 is 16.4 Å². The van der Waals surface area contributed by atoms with Crippen LogP contribution in [0.2, 0.25) is 5.15 Å². The number of aromatic nitrogens is 2. The Morgan fingerprint density at radius 1 is 0.697 bits per heavy atom. The molecular formula is C26H26ClN5O. The van der Waals surface area contributed by atoms with Crippen LogP contribution in [0.1, 0.15) is 0 Å². The average molecular weight is 460 g/mol. The van der Waals surface area contributed by atoms with Crippen LogP contribution >= 0.6 is 11.6 Å². The Hall–Kier alpha value is -3.61. The highest BCUT2D eigenvalue weighted by molar-refractivity contribution is 6.29. The molecule has 4 N–H and O–H groups in total. The molecule has 7 heteroatoms. The fourth-order valence-corrected chi connectivity index (χ4v) is 3.74. The Bertz CT molecular complexity index is 1160. The molecule has 6 nitrogen and oxygen atoms in total. The smallest absolute Gasteiger partial charge is 0.131 e. The predicted molar refractivity (Wildman–Crippen MR) is 136 cm³/mol. The molecule has 0 spiro atoms. The van der Waals surface area contributed by atoms with Gasteiger partial charge in [-0.2, -0.15) is 0 Å². The van der Waals surface area contributed by atoms with Crippen LogP contribution in [-0.2, 0) is 4.74 Å². The summed E-state index contributed by atoms with van der Waals surface area (Å²) in [5.74, 6) is 0.933. The molecule has 1 fully saturated rings. The van der Waals surface area contributed by atoms with E-state index in [9.17, 15) is 0 Å². The van der Waals surface area contributed by atoms with Gasteiger partial charge in [0.2, 0.25) is 0 Å². The Morgan fingerprint density at radius 3 is 1.76 bits per heavy atom. The first-order valence-corrected chi connectivity index (χ1v) is 11.1. The molecule has 1 aliphatic rings. The average Bonchev–Trinajstić information content (AvgIpc) is 2.85. The molecule has 0 atom stereocenters. The van der Waals surface area contributed by atoms with Gasteiger partial charge < -0.3 is 21.1 Å². The van der Waals surface area contributed by atoms with E-state index in [0.717, 1.165) is 60.3 Å². The molecule has 3 heterocycles. The molecule has 2 aromatic heterocycles. The van der Waals surface area contributed by atoms with Crippen LogP contribution in [0.3, 0.4) is 0 Å². The van der Waals surface area contributed by atoms with E-state index in [1.54, 1.807) is 12.1 Å². The Labute approximate surface area is 198 Å². The largest absolute Gasteiger partial charge is 0.399 e. The van der Waals surface area contributed by atoms with Gasteiger partial charge in [-0.25, -0.2) is 9.97 Å². The minimum atomic E-state index is 0.420. The first-order valence-electron chi connectivity index (χ1n) is 10.7. The van der Waals surface area contributed by atoms with Gasteiger partial charge in [0, 0.05) is 41.7 Å². The lowest BCUT2D eigenvalue weighted by Crippen LogP contribution is -2.36. The number of ether oxygens (including phenoxy) is 1. The molecule has 0 bridgehead atoms. The van der Waals surface area contributed by atoms with E-state index >= 15 is 0 Å². The third kappa shape index (κ3) is 6.22. The summed E-state index contributed by atoms with van der Waals surface area (Å²) in [4.78, 5) is 11.1. The van der Waals surface area contributed by atoms with Gasteiger partial charge in [0.05, 0.1) is 24.6 Å². The van der Waals surface area contributed by atoms with Crippen molar-refractivity contribution >= 4 is 28.8 Å². The number of pyridine rings is 2. The quantitative estimate of drug-likeness (QED) is 0.411. The fourth-order valence-electron chi connectivity index (χ4n) is 3.52. The first-order chi connectivity index (χ1) is 16.1. The first kappa shape index (κ1) is 22.6. The van der Waals surface area contributed by atoms with Gasteiger partial charge in [-0.1, -0.05) is 72.3 Å². The molecule has 4 aromatic rings. The maximum absolute atomic E-state index is 6.01. The Morgan fingerprint density at radius 2 is 1.21 bits per heavy atom. The number of nitrogens with two attached hydrogens (primary N) is 2. The second kappa shape index (κ2) is 10.8. The van der Waals surface area contributed by atoms with Gasteiger partial charge in [0.25, 0.3) is 0 Å². The highest BCUT2D eigenvalue weighted by Crippen LogP contribution is 2.25. The van der Waals surface area contributed by atoms with Gasteiger partial charge in [-0.3, -0.25) is 0 Å². The number of nitrogen functional groups attached to an aromatic ring is 2. The summed E-state index contributed by atoms with van der Waals surface area (Å²) in [7, 11) is 0. The summed E-state index contributed by atoms with van der Waals surface area (Å²) in [5.41, 5.74) is 16.9. The minimum Gasteiger partial charge on any atom is -0.399 e. The second-order valence-electron chi connectivity index (χ2n) is 7.58. The number of morpholine rings is 1. The molecule has 1 saturated heterocycles. The summed E-state index contributed by atoms with van der Waals surface area (Å²) in [6.07, 6.45) is 0. The summed E-state index contributed by atoms with van der Waals surface area (Å²) < 4.78 is 5.37. The lowest BCUT2D eigenvalue weighted by molar-refractivity contribution is 0.122. The Balaban J connectivity index is 0.000000165. The fraction of sp³-hybridized carbons (Fsp3) is 0.154. The highest BCUT2D eigenvalue weighted by atomic mass is 35.5. The van der Waals surface area contributed by atoms with E-state index in [1.165, 1.54) is 0 Å². The molecule has 0 unspecified atom stereocenters. The van der Waals surface area contributed by atoms with Crippen molar-refractivity contribution in [2.24, 2.45) is 0 Å². The molecule has 168 valence electrons. The monoisotopic (exact) mass is 459 g/mol. The van der Waals surface area contributed by atoms with Crippen molar-refractivity contribution in [2.75, 3.05) is 42.7 Å². The van der Waals surface area contributed by atoms with Gasteiger partial charge in [0.1, 0.15) is 11.0 Å². The van der Waals surface area contributed by atoms with Gasteiger partial charge in [-0.15, -0.1) is 0 Å². The van der Waals surface area contributed by atoms with Crippen molar-refractivity contribution in [1.82, 2.24) is 9.97 Å². The zero-order valence-electron chi connectivity index (χ0n) is 18.2. The predicted octanol–water partition coefficient (Wildman–Crippen LogP) is 5.15. The minimum absolute atomic E-state index is 0.420. The van der Waals surface area contributed by atoms with Crippen molar-refractivity contribution in [2.45, 2.75) is 0 Å². The van der Waals surface area contributed by atoms with Crippen LogP contribution in [0.25, 0.3) is 22.5 Å². The Kier molecular flexibility index (Phi) is 7.40. The van der Waals surface area contributed by atoms with E-state index in [2.05, 4.69) is 9.88 Å². The summed E-state index contributed by atoms with van der Waals surface area (Å²) in [6, 6.07) is 27.2. The summed E-state index contributed by atoms with van der Waals surface area (Å²) >= 11 is 5.81. The van der Waals surface area contributed by atoms with E-state index < -0.39 is 0 Å². The van der Waals surface area contributed by atoms with E-state index in [-0.39, 0.29) is 0 Å². The van der Waals surface area contributed by atoms with Crippen molar-refractivity contribution in [3.05, 3.63) is 90.1 Å². The zero-order chi connectivity index (χ0) is 23.0.